The minimum Gasteiger partial charge on any atom is -0.503 e. The Morgan fingerprint density at radius 3 is 2.42 bits per heavy atom. The summed E-state index contributed by atoms with van der Waals surface area (Å²) < 4.78 is 11.1. The number of carbonyl (C=O) groups is 2. The number of hydrogen-bond donors (Lipinski definition) is 2. The molecule has 2 aromatic carbocycles. The molecule has 4 unspecified atom stereocenters. The molecule has 4 rings (SSSR count). The molecule has 1 amide bonds. The second kappa shape index (κ2) is 13.1. The van der Waals surface area contributed by atoms with Crippen LogP contribution in [-0.4, -0.2) is 41.2 Å². The van der Waals surface area contributed by atoms with E-state index in [1.54, 1.807) is 0 Å². The lowest BCUT2D eigenvalue weighted by molar-refractivity contribution is -0.154. The number of hydrogen-bond acceptors (Lipinski definition) is 6. The first kappa shape index (κ1) is 27.2. The summed E-state index contributed by atoms with van der Waals surface area (Å²) in [4.78, 5) is 30.2. The first-order valence-corrected chi connectivity index (χ1v) is 13.3. The van der Waals surface area contributed by atoms with Gasteiger partial charge in [0.05, 0.1) is 7.11 Å². The number of amides is 1. The van der Waals surface area contributed by atoms with E-state index in [1.807, 2.05) is 31.2 Å². The number of benzene rings is 2. The van der Waals surface area contributed by atoms with Crippen molar-refractivity contribution in [2.75, 3.05) is 7.11 Å². The molecule has 7 heteroatoms. The number of esters is 1. The molecule has 38 heavy (non-hydrogen) atoms. The molecule has 1 aromatic heterocycles. The molecule has 0 radical (unpaired) electrons. The number of ether oxygens (including phenoxy) is 2. The fraction of sp³-hybridized carbons (Fsp3) is 0.387. The predicted octanol–water partition coefficient (Wildman–Crippen LogP) is 5.12. The van der Waals surface area contributed by atoms with Gasteiger partial charge in [0.15, 0.2) is 17.2 Å². The molecule has 0 spiro atoms. The monoisotopic (exact) mass is 516 g/mol. The topological polar surface area (TPSA) is 97.8 Å². The summed E-state index contributed by atoms with van der Waals surface area (Å²) in [7, 11) is 1.40. The third-order valence-electron chi connectivity index (χ3n) is 7.44. The maximum Gasteiger partial charge on any atom is 0.328 e. The van der Waals surface area contributed by atoms with Gasteiger partial charge in [0, 0.05) is 12.3 Å². The molecule has 200 valence electrons. The van der Waals surface area contributed by atoms with Crippen LogP contribution in [0.3, 0.4) is 0 Å². The number of aryl methyl sites for hydroxylation is 1. The molecule has 3 aromatic rings. The van der Waals surface area contributed by atoms with Gasteiger partial charge in [-0.3, -0.25) is 4.79 Å². The molecular formula is C31H36N2O5. The van der Waals surface area contributed by atoms with Crippen molar-refractivity contribution in [3.63, 3.8) is 0 Å². The number of aromatic nitrogens is 1. The lowest BCUT2D eigenvalue weighted by Crippen LogP contribution is -2.43. The SMILES string of the molecule is COc1ccnc(C(=O)NC2CCCC(Cc3ccccc3)C(CCc3ccccc3)C(C)OC2=O)c1O. The van der Waals surface area contributed by atoms with Crippen LogP contribution in [0.4, 0.5) is 0 Å². The molecule has 2 N–H and O–H groups in total. The van der Waals surface area contributed by atoms with Crippen molar-refractivity contribution >= 4 is 11.9 Å². The highest BCUT2D eigenvalue weighted by molar-refractivity contribution is 5.97. The fourth-order valence-corrected chi connectivity index (χ4v) is 5.40. The summed E-state index contributed by atoms with van der Waals surface area (Å²) in [5.41, 5.74) is 2.34. The zero-order valence-corrected chi connectivity index (χ0v) is 22.0. The summed E-state index contributed by atoms with van der Waals surface area (Å²) in [5.74, 6) is -0.836. The number of pyridine rings is 1. The molecule has 1 aliphatic rings. The van der Waals surface area contributed by atoms with E-state index >= 15 is 0 Å². The summed E-state index contributed by atoms with van der Waals surface area (Å²) in [5, 5.41) is 13.1. The van der Waals surface area contributed by atoms with Gasteiger partial charge in [-0.1, -0.05) is 67.1 Å². The average molecular weight is 517 g/mol. The van der Waals surface area contributed by atoms with Crippen LogP contribution in [0, 0.1) is 11.8 Å². The van der Waals surface area contributed by atoms with Crippen molar-refractivity contribution in [3.05, 3.63) is 89.7 Å². The Bertz CT molecular complexity index is 1200. The summed E-state index contributed by atoms with van der Waals surface area (Å²) in [6, 6.07) is 21.4. The van der Waals surface area contributed by atoms with Gasteiger partial charge in [-0.2, -0.15) is 0 Å². The van der Waals surface area contributed by atoms with Crippen molar-refractivity contribution in [3.8, 4) is 11.5 Å². The fourth-order valence-electron chi connectivity index (χ4n) is 5.40. The van der Waals surface area contributed by atoms with Gasteiger partial charge < -0.3 is 19.9 Å². The predicted molar refractivity (Wildman–Crippen MR) is 145 cm³/mol. The molecule has 7 nitrogen and oxygen atoms in total. The Labute approximate surface area is 224 Å². The van der Waals surface area contributed by atoms with Crippen LogP contribution in [0.1, 0.15) is 54.2 Å². The van der Waals surface area contributed by atoms with Crippen molar-refractivity contribution < 1.29 is 24.2 Å². The van der Waals surface area contributed by atoms with Crippen LogP contribution in [0.2, 0.25) is 0 Å². The van der Waals surface area contributed by atoms with Crippen molar-refractivity contribution in [1.82, 2.24) is 10.3 Å². The minimum absolute atomic E-state index is 0.140. The molecule has 1 saturated heterocycles. The molecule has 2 heterocycles. The van der Waals surface area contributed by atoms with Gasteiger partial charge in [0.25, 0.3) is 5.91 Å². The largest absolute Gasteiger partial charge is 0.503 e. The lowest BCUT2D eigenvalue weighted by atomic mass is 9.77. The van der Waals surface area contributed by atoms with E-state index < -0.39 is 17.9 Å². The van der Waals surface area contributed by atoms with Crippen molar-refractivity contribution in [2.45, 2.75) is 57.6 Å². The van der Waals surface area contributed by atoms with Crippen LogP contribution < -0.4 is 10.1 Å². The summed E-state index contributed by atoms with van der Waals surface area (Å²) in [6.45, 7) is 1.96. The second-order valence-electron chi connectivity index (χ2n) is 9.95. The Balaban J connectivity index is 1.52. The van der Waals surface area contributed by atoms with Crippen LogP contribution in [0.5, 0.6) is 11.5 Å². The van der Waals surface area contributed by atoms with Gasteiger partial charge >= 0.3 is 5.97 Å². The molecule has 0 aliphatic carbocycles. The average Bonchev–Trinajstić information content (AvgIpc) is 2.97. The van der Waals surface area contributed by atoms with Crippen LogP contribution in [0.15, 0.2) is 72.9 Å². The maximum atomic E-state index is 13.2. The Morgan fingerprint density at radius 1 is 1.05 bits per heavy atom. The van der Waals surface area contributed by atoms with Gasteiger partial charge in [-0.25, -0.2) is 9.78 Å². The number of nitrogens with one attached hydrogen (secondary N) is 1. The van der Waals surface area contributed by atoms with E-state index in [-0.39, 0.29) is 29.2 Å². The molecule has 0 bridgehead atoms. The van der Waals surface area contributed by atoms with E-state index in [0.29, 0.717) is 12.3 Å². The second-order valence-corrected chi connectivity index (χ2v) is 9.95. The van der Waals surface area contributed by atoms with E-state index in [2.05, 4.69) is 46.7 Å². The van der Waals surface area contributed by atoms with E-state index in [9.17, 15) is 14.7 Å². The maximum absolute atomic E-state index is 13.2. The normalized spacial score (nSPS) is 21.9. The summed E-state index contributed by atoms with van der Waals surface area (Å²) in [6.07, 6.45) is 5.87. The third-order valence-corrected chi connectivity index (χ3v) is 7.44. The third kappa shape index (κ3) is 6.91. The van der Waals surface area contributed by atoms with Gasteiger partial charge in [-0.15, -0.1) is 0 Å². The summed E-state index contributed by atoms with van der Waals surface area (Å²) >= 11 is 0. The minimum atomic E-state index is -0.831. The number of carbonyl (C=O) groups excluding carboxylic acids is 2. The van der Waals surface area contributed by atoms with Gasteiger partial charge in [0.1, 0.15) is 12.1 Å². The number of methoxy groups -OCH3 is 1. The quantitative estimate of drug-likeness (QED) is 0.404. The Kier molecular flexibility index (Phi) is 9.35. The van der Waals surface area contributed by atoms with E-state index in [4.69, 9.17) is 9.47 Å². The number of cyclic esters (lactones) is 1. The zero-order chi connectivity index (χ0) is 26.9. The smallest absolute Gasteiger partial charge is 0.328 e. The van der Waals surface area contributed by atoms with Crippen LogP contribution >= 0.6 is 0 Å². The number of rotatable bonds is 8. The Hall–Kier alpha value is -3.87. The molecule has 1 aliphatic heterocycles. The molecular weight excluding hydrogens is 480 g/mol. The van der Waals surface area contributed by atoms with Gasteiger partial charge in [-0.05, 0) is 62.0 Å². The first-order chi connectivity index (χ1) is 18.5. The molecule has 4 atom stereocenters. The van der Waals surface area contributed by atoms with Crippen LogP contribution in [0.25, 0.3) is 0 Å². The van der Waals surface area contributed by atoms with Gasteiger partial charge in [0.2, 0.25) is 0 Å². The highest BCUT2D eigenvalue weighted by Gasteiger charge is 2.34. The van der Waals surface area contributed by atoms with E-state index in [1.165, 1.54) is 30.5 Å². The number of aromatic hydroxyl groups is 1. The van der Waals surface area contributed by atoms with Crippen molar-refractivity contribution in [1.29, 1.82) is 0 Å². The number of nitrogens with zero attached hydrogens (tertiary/aromatic N) is 1. The van der Waals surface area contributed by atoms with E-state index in [0.717, 1.165) is 32.1 Å². The lowest BCUT2D eigenvalue weighted by Gasteiger charge is -2.31. The zero-order valence-electron chi connectivity index (χ0n) is 22.0. The molecule has 0 saturated carbocycles. The molecule has 1 fully saturated rings. The highest BCUT2D eigenvalue weighted by Crippen LogP contribution is 2.33. The highest BCUT2D eigenvalue weighted by atomic mass is 16.5. The van der Waals surface area contributed by atoms with Crippen molar-refractivity contribution in [2.24, 2.45) is 11.8 Å². The standard InChI is InChI=1S/C31H36N2O5/c1-21-25(17-16-22-10-5-3-6-11-22)24(20-23-12-7-4-8-13-23)14-9-15-26(31(36)38-21)33-30(35)28-29(34)27(37-2)18-19-32-28/h3-8,10-13,18-19,21,24-26,34H,9,14-17,20H2,1-2H3,(H,33,35). The van der Waals surface area contributed by atoms with Crippen LogP contribution in [-0.2, 0) is 22.4 Å². The first-order valence-electron chi connectivity index (χ1n) is 13.3. The Morgan fingerprint density at radius 2 is 1.74 bits per heavy atom.